The molecule has 0 saturated heterocycles. The van der Waals surface area contributed by atoms with Crippen LogP contribution in [-0.4, -0.2) is 16.5 Å². The molecular weight excluding hydrogens is 312 g/mol. The zero-order chi connectivity index (χ0) is 16.8. The average Bonchev–Trinajstić information content (AvgIpc) is 2.62. The van der Waals surface area contributed by atoms with E-state index in [0.717, 1.165) is 0 Å². The van der Waals surface area contributed by atoms with Gasteiger partial charge in [-0.3, -0.25) is 14.4 Å². The Hall–Kier alpha value is -2.37. The standard InChI is InChI=1S/C18H14O4S/c1-18(2,22)17(21)10-7-8-14-12(9-10)16(20)15(19)11-5-3-4-6-13(11)23-14/h3-9,22H,1-2H3. The summed E-state index contributed by atoms with van der Waals surface area (Å²) >= 11 is 1.32. The molecular formula is C18H14O4S. The van der Waals surface area contributed by atoms with Crippen LogP contribution in [0.15, 0.2) is 52.1 Å². The Bertz CT molecular complexity index is 1060. The van der Waals surface area contributed by atoms with Crippen LogP contribution >= 0.6 is 11.3 Å². The summed E-state index contributed by atoms with van der Waals surface area (Å²) in [5.41, 5.74) is -2.55. The average molecular weight is 326 g/mol. The molecule has 0 aliphatic heterocycles. The van der Waals surface area contributed by atoms with Gasteiger partial charge < -0.3 is 5.11 Å². The summed E-state index contributed by atoms with van der Waals surface area (Å²) in [4.78, 5) is 37.1. The SMILES string of the molecule is CC(C)(O)C(=O)c1ccc2sc3ccccc3c(=O)c(=O)c2c1. The number of hydrogen-bond donors (Lipinski definition) is 1. The van der Waals surface area contributed by atoms with E-state index in [2.05, 4.69) is 0 Å². The van der Waals surface area contributed by atoms with Crippen molar-refractivity contribution in [3.8, 4) is 0 Å². The predicted octanol–water partition coefficient (Wildman–Crippen LogP) is 2.73. The topological polar surface area (TPSA) is 71.4 Å². The highest BCUT2D eigenvalue weighted by molar-refractivity contribution is 7.24. The van der Waals surface area contributed by atoms with Crippen molar-refractivity contribution in [2.45, 2.75) is 19.4 Å². The number of carbonyl (C=O) groups is 1. The molecule has 0 aliphatic rings. The summed E-state index contributed by atoms with van der Waals surface area (Å²) in [5, 5.41) is 10.4. The minimum Gasteiger partial charge on any atom is -0.382 e. The molecule has 3 aromatic rings. The summed E-state index contributed by atoms with van der Waals surface area (Å²) in [5.74, 6) is -0.493. The van der Waals surface area contributed by atoms with E-state index >= 15 is 0 Å². The number of rotatable bonds is 2. The molecule has 0 amide bonds. The maximum atomic E-state index is 12.5. The second kappa shape index (κ2) is 5.37. The van der Waals surface area contributed by atoms with Crippen molar-refractivity contribution >= 4 is 37.3 Å². The lowest BCUT2D eigenvalue weighted by molar-refractivity contribution is 0.0488. The van der Waals surface area contributed by atoms with Gasteiger partial charge in [0.1, 0.15) is 5.60 Å². The van der Waals surface area contributed by atoms with Gasteiger partial charge in [0, 0.05) is 25.7 Å². The molecule has 23 heavy (non-hydrogen) atoms. The summed E-state index contributed by atoms with van der Waals surface area (Å²) in [6.45, 7) is 2.77. The van der Waals surface area contributed by atoms with Gasteiger partial charge in [-0.25, -0.2) is 0 Å². The van der Waals surface area contributed by atoms with Crippen molar-refractivity contribution in [3.05, 3.63) is 68.5 Å². The Morgan fingerprint density at radius 1 is 0.957 bits per heavy atom. The van der Waals surface area contributed by atoms with Gasteiger partial charge in [0.25, 0.3) is 0 Å². The lowest BCUT2D eigenvalue weighted by Crippen LogP contribution is -2.31. The number of carbonyl (C=O) groups excluding carboxylic acids is 1. The van der Waals surface area contributed by atoms with Crippen LogP contribution < -0.4 is 10.9 Å². The second-order valence-corrected chi connectivity index (χ2v) is 6.94. The van der Waals surface area contributed by atoms with Crippen molar-refractivity contribution in [1.29, 1.82) is 0 Å². The van der Waals surface area contributed by atoms with Crippen LogP contribution in [0.5, 0.6) is 0 Å². The van der Waals surface area contributed by atoms with Gasteiger partial charge in [-0.15, -0.1) is 11.3 Å². The van der Waals surface area contributed by atoms with Crippen LogP contribution in [0.3, 0.4) is 0 Å². The van der Waals surface area contributed by atoms with Crippen LogP contribution in [0.4, 0.5) is 0 Å². The first-order valence-corrected chi connectivity index (χ1v) is 7.88. The minimum absolute atomic E-state index is 0.200. The van der Waals surface area contributed by atoms with E-state index < -0.39 is 22.2 Å². The molecule has 116 valence electrons. The Labute approximate surface area is 135 Å². The van der Waals surface area contributed by atoms with Gasteiger partial charge in [0.05, 0.1) is 0 Å². The van der Waals surface area contributed by atoms with E-state index in [4.69, 9.17) is 0 Å². The van der Waals surface area contributed by atoms with Gasteiger partial charge in [0.2, 0.25) is 10.9 Å². The fraction of sp³-hybridized carbons (Fsp3) is 0.167. The summed E-state index contributed by atoms with van der Waals surface area (Å²) in [7, 11) is 0. The summed E-state index contributed by atoms with van der Waals surface area (Å²) in [6, 6.07) is 11.5. The molecule has 0 aliphatic carbocycles. The fourth-order valence-corrected chi connectivity index (χ4v) is 3.45. The normalized spacial score (nSPS) is 11.8. The highest BCUT2D eigenvalue weighted by Crippen LogP contribution is 2.23. The van der Waals surface area contributed by atoms with E-state index in [-0.39, 0.29) is 10.9 Å². The van der Waals surface area contributed by atoms with Crippen LogP contribution in [0.2, 0.25) is 0 Å². The highest BCUT2D eigenvalue weighted by atomic mass is 32.1. The largest absolute Gasteiger partial charge is 0.382 e. The molecule has 0 fully saturated rings. The number of hydrogen-bond acceptors (Lipinski definition) is 5. The number of Topliss-reactive ketones (excluding diaryl/α,β-unsaturated/α-hetero) is 1. The van der Waals surface area contributed by atoms with Crippen LogP contribution in [-0.2, 0) is 0 Å². The van der Waals surface area contributed by atoms with Crippen molar-refractivity contribution in [1.82, 2.24) is 0 Å². The van der Waals surface area contributed by atoms with Crippen molar-refractivity contribution in [2.75, 3.05) is 0 Å². The Balaban J connectivity index is 2.43. The summed E-state index contributed by atoms with van der Waals surface area (Å²) in [6.07, 6.45) is 0. The monoisotopic (exact) mass is 326 g/mol. The first kappa shape index (κ1) is 15.5. The van der Waals surface area contributed by atoms with Gasteiger partial charge in [-0.2, -0.15) is 0 Å². The number of ketones is 1. The fourth-order valence-electron chi connectivity index (χ4n) is 2.40. The van der Waals surface area contributed by atoms with Gasteiger partial charge in [0.15, 0.2) is 5.78 Å². The zero-order valence-electron chi connectivity index (χ0n) is 12.6. The molecule has 0 spiro atoms. The number of fused-ring (bicyclic) bond motifs is 2. The molecule has 0 radical (unpaired) electrons. The molecule has 0 atom stereocenters. The molecule has 0 bridgehead atoms. The molecule has 3 rings (SSSR count). The van der Waals surface area contributed by atoms with E-state index in [0.29, 0.717) is 14.8 Å². The lowest BCUT2D eigenvalue weighted by atomic mass is 9.96. The number of benzene rings is 2. The van der Waals surface area contributed by atoms with E-state index in [1.165, 1.54) is 31.3 Å². The van der Waals surface area contributed by atoms with Gasteiger partial charge in [-0.1, -0.05) is 12.1 Å². The zero-order valence-corrected chi connectivity index (χ0v) is 13.4. The maximum absolute atomic E-state index is 12.5. The number of aliphatic hydroxyl groups is 1. The molecule has 4 nitrogen and oxygen atoms in total. The molecule has 0 unspecified atom stereocenters. The van der Waals surface area contributed by atoms with E-state index in [9.17, 15) is 19.5 Å². The molecule has 2 aromatic carbocycles. The van der Waals surface area contributed by atoms with E-state index in [1.807, 2.05) is 0 Å². The third-order valence-corrected chi connectivity index (χ3v) is 4.75. The minimum atomic E-state index is -1.54. The Kier molecular flexibility index (Phi) is 3.62. The molecule has 1 aromatic heterocycles. The first-order valence-electron chi connectivity index (χ1n) is 7.06. The van der Waals surface area contributed by atoms with Crippen molar-refractivity contribution < 1.29 is 9.90 Å². The van der Waals surface area contributed by atoms with Crippen molar-refractivity contribution in [3.63, 3.8) is 0 Å². The predicted molar refractivity (Wildman–Crippen MR) is 92.5 cm³/mol. The molecule has 5 heteroatoms. The van der Waals surface area contributed by atoms with Gasteiger partial charge >= 0.3 is 0 Å². The molecule has 0 saturated carbocycles. The Morgan fingerprint density at radius 2 is 1.57 bits per heavy atom. The highest BCUT2D eigenvalue weighted by Gasteiger charge is 2.25. The van der Waals surface area contributed by atoms with Crippen LogP contribution in [0.25, 0.3) is 20.2 Å². The maximum Gasteiger partial charge on any atom is 0.235 e. The Morgan fingerprint density at radius 3 is 2.26 bits per heavy atom. The third kappa shape index (κ3) is 2.69. The third-order valence-electron chi connectivity index (χ3n) is 3.60. The molecule has 1 heterocycles. The van der Waals surface area contributed by atoms with Gasteiger partial charge in [-0.05, 0) is 44.2 Å². The quantitative estimate of drug-likeness (QED) is 0.580. The summed E-state index contributed by atoms with van der Waals surface area (Å²) < 4.78 is 1.34. The van der Waals surface area contributed by atoms with Crippen molar-refractivity contribution in [2.24, 2.45) is 0 Å². The van der Waals surface area contributed by atoms with Crippen LogP contribution in [0, 0.1) is 0 Å². The lowest BCUT2D eigenvalue weighted by Gasteiger charge is -2.15. The first-order chi connectivity index (χ1) is 10.8. The second-order valence-electron chi connectivity index (χ2n) is 5.86. The molecule has 1 N–H and O–H groups in total. The smallest absolute Gasteiger partial charge is 0.235 e. The van der Waals surface area contributed by atoms with Crippen LogP contribution in [0.1, 0.15) is 24.2 Å². The van der Waals surface area contributed by atoms with E-state index in [1.54, 1.807) is 36.4 Å².